The number of benzene rings is 1. The summed E-state index contributed by atoms with van der Waals surface area (Å²) in [6, 6.07) is 11.3. The maximum atomic E-state index is 12.1. The third-order valence-electron chi connectivity index (χ3n) is 4.32. The van der Waals surface area contributed by atoms with Crippen LogP contribution in [0.15, 0.2) is 48.9 Å². The van der Waals surface area contributed by atoms with Gasteiger partial charge in [-0.25, -0.2) is 9.97 Å². The first-order valence-electron chi connectivity index (χ1n) is 9.10. The van der Waals surface area contributed by atoms with E-state index in [1.54, 1.807) is 31.5 Å². The summed E-state index contributed by atoms with van der Waals surface area (Å²) in [5, 5.41) is 0. The van der Waals surface area contributed by atoms with Crippen LogP contribution in [0.25, 0.3) is 11.3 Å². The second-order valence-corrected chi connectivity index (χ2v) is 6.61. The van der Waals surface area contributed by atoms with Crippen molar-refractivity contribution in [2.45, 2.75) is 20.3 Å². The molecule has 0 fully saturated rings. The van der Waals surface area contributed by atoms with Crippen molar-refractivity contribution in [3.8, 4) is 23.1 Å². The Morgan fingerprint density at radius 3 is 2.36 bits per heavy atom. The molecule has 0 spiro atoms. The molecule has 0 radical (unpaired) electrons. The molecule has 3 aromatic rings. The lowest BCUT2D eigenvalue weighted by molar-refractivity contribution is 0.0827. The van der Waals surface area contributed by atoms with Crippen molar-refractivity contribution in [3.05, 3.63) is 77.0 Å². The SMILES string of the molecule is CCc1ncnc(-c2ccc(C(=O)N(C)C)cc2)c1C#Cc1ccc(C)nc1. The summed E-state index contributed by atoms with van der Waals surface area (Å²) in [4.78, 5) is 26.8. The molecular weight excluding hydrogens is 348 g/mol. The van der Waals surface area contributed by atoms with Gasteiger partial charge < -0.3 is 4.90 Å². The van der Waals surface area contributed by atoms with E-state index < -0.39 is 0 Å². The highest BCUT2D eigenvalue weighted by Crippen LogP contribution is 2.23. The number of nitrogens with zero attached hydrogens (tertiary/aromatic N) is 4. The molecule has 28 heavy (non-hydrogen) atoms. The summed E-state index contributed by atoms with van der Waals surface area (Å²) in [5.41, 5.74) is 5.80. The van der Waals surface area contributed by atoms with Crippen LogP contribution < -0.4 is 0 Å². The van der Waals surface area contributed by atoms with Gasteiger partial charge in [0.2, 0.25) is 0 Å². The minimum Gasteiger partial charge on any atom is -0.345 e. The van der Waals surface area contributed by atoms with E-state index >= 15 is 0 Å². The number of hydrogen-bond donors (Lipinski definition) is 0. The second kappa shape index (κ2) is 8.45. The highest BCUT2D eigenvalue weighted by molar-refractivity contribution is 5.94. The van der Waals surface area contributed by atoms with Gasteiger partial charge in [-0.1, -0.05) is 30.9 Å². The molecule has 140 valence electrons. The molecule has 0 aliphatic heterocycles. The Morgan fingerprint density at radius 1 is 1.00 bits per heavy atom. The average Bonchev–Trinajstić information content (AvgIpc) is 2.72. The predicted octanol–water partition coefficient (Wildman–Crippen LogP) is 3.51. The van der Waals surface area contributed by atoms with Crippen molar-refractivity contribution < 1.29 is 4.79 Å². The Labute approximate surface area is 165 Å². The first-order chi connectivity index (χ1) is 13.5. The molecule has 5 heteroatoms. The molecule has 3 rings (SSSR count). The molecule has 0 unspecified atom stereocenters. The van der Waals surface area contributed by atoms with Crippen LogP contribution in [-0.4, -0.2) is 39.9 Å². The fourth-order valence-corrected chi connectivity index (χ4v) is 2.75. The Morgan fingerprint density at radius 2 is 1.75 bits per heavy atom. The van der Waals surface area contributed by atoms with Gasteiger partial charge in [0.15, 0.2) is 0 Å². The van der Waals surface area contributed by atoms with Crippen LogP contribution in [-0.2, 0) is 6.42 Å². The number of carbonyl (C=O) groups is 1. The van der Waals surface area contributed by atoms with E-state index in [0.29, 0.717) is 5.56 Å². The number of amides is 1. The molecule has 0 atom stereocenters. The summed E-state index contributed by atoms with van der Waals surface area (Å²) in [5.74, 6) is 6.36. The van der Waals surface area contributed by atoms with E-state index in [0.717, 1.165) is 40.2 Å². The van der Waals surface area contributed by atoms with Crippen LogP contribution in [0, 0.1) is 18.8 Å². The molecule has 2 aromatic heterocycles. The number of pyridine rings is 1. The Kier molecular flexibility index (Phi) is 5.81. The van der Waals surface area contributed by atoms with Gasteiger partial charge in [0.25, 0.3) is 5.91 Å². The first-order valence-corrected chi connectivity index (χ1v) is 9.10. The summed E-state index contributed by atoms with van der Waals surface area (Å²) in [6.07, 6.45) is 4.08. The largest absolute Gasteiger partial charge is 0.345 e. The number of aryl methyl sites for hydroxylation is 2. The monoisotopic (exact) mass is 370 g/mol. The molecule has 0 saturated heterocycles. The number of rotatable bonds is 3. The molecule has 1 amide bonds. The molecule has 0 aliphatic carbocycles. The topological polar surface area (TPSA) is 59.0 Å². The van der Waals surface area contributed by atoms with Crippen LogP contribution in [0.2, 0.25) is 0 Å². The van der Waals surface area contributed by atoms with E-state index in [1.165, 1.54) is 0 Å². The lowest BCUT2D eigenvalue weighted by Gasteiger charge is -2.11. The third-order valence-corrected chi connectivity index (χ3v) is 4.32. The highest BCUT2D eigenvalue weighted by atomic mass is 16.2. The van der Waals surface area contributed by atoms with Crippen LogP contribution in [0.1, 0.15) is 39.8 Å². The van der Waals surface area contributed by atoms with Crippen LogP contribution in [0.3, 0.4) is 0 Å². The standard InChI is InChI=1S/C23H22N4O/c1-5-21-20(13-8-17-7-6-16(2)24-14-17)22(26-15-25-21)18-9-11-19(12-10-18)23(28)27(3)4/h6-7,9-12,14-15H,5H2,1-4H3. The Hall–Kier alpha value is -3.52. The number of carbonyl (C=O) groups excluding carboxylic acids is 1. The minimum absolute atomic E-state index is 0.0321. The van der Waals surface area contributed by atoms with Crippen molar-refractivity contribution in [1.82, 2.24) is 19.9 Å². The maximum Gasteiger partial charge on any atom is 0.253 e. The lowest BCUT2D eigenvalue weighted by atomic mass is 10.0. The van der Waals surface area contributed by atoms with E-state index in [4.69, 9.17) is 0 Å². The van der Waals surface area contributed by atoms with Crippen LogP contribution in [0.4, 0.5) is 0 Å². The van der Waals surface area contributed by atoms with Crippen molar-refractivity contribution >= 4 is 5.91 Å². The maximum absolute atomic E-state index is 12.1. The summed E-state index contributed by atoms with van der Waals surface area (Å²) in [7, 11) is 3.48. The van der Waals surface area contributed by atoms with Crippen molar-refractivity contribution in [2.24, 2.45) is 0 Å². The molecule has 0 bridgehead atoms. The van der Waals surface area contributed by atoms with Gasteiger partial charge in [-0.15, -0.1) is 0 Å². The Balaban J connectivity index is 2.03. The average molecular weight is 370 g/mol. The molecule has 0 saturated carbocycles. The van der Waals surface area contributed by atoms with Crippen LogP contribution in [0.5, 0.6) is 0 Å². The minimum atomic E-state index is -0.0321. The third kappa shape index (κ3) is 4.24. The van der Waals surface area contributed by atoms with Gasteiger partial charge in [0.1, 0.15) is 6.33 Å². The smallest absolute Gasteiger partial charge is 0.253 e. The fourth-order valence-electron chi connectivity index (χ4n) is 2.75. The normalized spacial score (nSPS) is 10.1. The van der Waals surface area contributed by atoms with Gasteiger partial charge in [0.05, 0.1) is 17.0 Å². The van der Waals surface area contributed by atoms with E-state index in [9.17, 15) is 4.79 Å². The van der Waals surface area contributed by atoms with Crippen molar-refractivity contribution in [2.75, 3.05) is 14.1 Å². The number of hydrogen-bond acceptors (Lipinski definition) is 4. The van der Waals surface area contributed by atoms with Gasteiger partial charge in [-0.3, -0.25) is 9.78 Å². The van der Waals surface area contributed by atoms with Crippen molar-refractivity contribution in [1.29, 1.82) is 0 Å². The first kappa shape index (κ1) is 19.2. The van der Waals surface area contributed by atoms with Gasteiger partial charge >= 0.3 is 0 Å². The van der Waals surface area contributed by atoms with Gasteiger partial charge in [0, 0.05) is 42.7 Å². The zero-order valence-corrected chi connectivity index (χ0v) is 16.5. The molecular formula is C23H22N4O. The molecule has 0 N–H and O–H groups in total. The molecule has 2 heterocycles. The second-order valence-electron chi connectivity index (χ2n) is 6.61. The number of aromatic nitrogens is 3. The lowest BCUT2D eigenvalue weighted by Crippen LogP contribution is -2.21. The Bertz CT molecular complexity index is 1040. The zero-order chi connectivity index (χ0) is 20.1. The molecule has 5 nitrogen and oxygen atoms in total. The van der Waals surface area contributed by atoms with E-state index in [2.05, 4.69) is 26.8 Å². The van der Waals surface area contributed by atoms with E-state index in [1.807, 2.05) is 50.2 Å². The molecule has 1 aromatic carbocycles. The predicted molar refractivity (Wildman–Crippen MR) is 110 cm³/mol. The molecule has 0 aliphatic rings. The van der Waals surface area contributed by atoms with Gasteiger partial charge in [-0.2, -0.15) is 0 Å². The van der Waals surface area contributed by atoms with Crippen LogP contribution >= 0.6 is 0 Å². The van der Waals surface area contributed by atoms with E-state index in [-0.39, 0.29) is 5.91 Å². The summed E-state index contributed by atoms with van der Waals surface area (Å²) in [6.45, 7) is 3.99. The highest BCUT2D eigenvalue weighted by Gasteiger charge is 2.12. The van der Waals surface area contributed by atoms with Gasteiger partial charge in [-0.05, 0) is 37.6 Å². The zero-order valence-electron chi connectivity index (χ0n) is 16.5. The fraction of sp³-hybridized carbons (Fsp3) is 0.217. The quantitative estimate of drug-likeness (QED) is 0.662. The van der Waals surface area contributed by atoms with Crippen molar-refractivity contribution in [3.63, 3.8) is 0 Å². The summed E-state index contributed by atoms with van der Waals surface area (Å²) >= 11 is 0. The summed E-state index contributed by atoms with van der Waals surface area (Å²) < 4.78 is 0.